The Hall–Kier alpha value is -4.20. The summed E-state index contributed by atoms with van der Waals surface area (Å²) in [5.41, 5.74) is -1.07. The fourth-order valence-electron chi connectivity index (χ4n) is 2.62. The van der Waals surface area contributed by atoms with E-state index in [-0.39, 0.29) is 17.1 Å². The highest BCUT2D eigenvalue weighted by atomic mass is 32.1. The normalized spacial score (nSPS) is 11.2. The minimum absolute atomic E-state index is 0.0578. The van der Waals surface area contributed by atoms with E-state index in [4.69, 9.17) is 4.74 Å². The number of rotatable bonds is 6. The first kappa shape index (κ1) is 22.0. The van der Waals surface area contributed by atoms with E-state index < -0.39 is 30.2 Å². The van der Waals surface area contributed by atoms with Gasteiger partial charge >= 0.3 is 12.1 Å². The van der Waals surface area contributed by atoms with Crippen LogP contribution in [0, 0.1) is 0 Å². The molecule has 168 valence electrons. The standard InChI is InChI=1S/C19H12F3N7O3S/c20-19(21,22)11-2-3-14(29-10-23-9-26-29)12(6-11)27-15(30)7-32-18(31)13-8-33-17(28-13)16-24-4-1-5-25-16/h1-6,8-10H,7H2,(H,27,30). The van der Waals surface area contributed by atoms with Crippen molar-refractivity contribution in [3.05, 3.63) is 66.0 Å². The number of benzene rings is 1. The van der Waals surface area contributed by atoms with E-state index in [1.165, 1.54) is 35.1 Å². The molecule has 4 aromatic rings. The van der Waals surface area contributed by atoms with Crippen LogP contribution in [0.3, 0.4) is 0 Å². The Labute approximate surface area is 187 Å². The fraction of sp³-hybridized carbons (Fsp3) is 0.105. The molecule has 0 fully saturated rings. The highest BCUT2D eigenvalue weighted by molar-refractivity contribution is 7.13. The van der Waals surface area contributed by atoms with E-state index in [1.807, 2.05) is 0 Å². The highest BCUT2D eigenvalue weighted by Gasteiger charge is 2.31. The molecule has 3 heterocycles. The predicted molar refractivity (Wildman–Crippen MR) is 108 cm³/mol. The molecule has 0 radical (unpaired) electrons. The molecule has 0 aliphatic carbocycles. The van der Waals surface area contributed by atoms with Gasteiger partial charge in [0.15, 0.2) is 23.1 Å². The molecule has 0 atom stereocenters. The molecule has 4 rings (SSSR count). The van der Waals surface area contributed by atoms with Crippen LogP contribution in [0.5, 0.6) is 0 Å². The lowest BCUT2D eigenvalue weighted by Gasteiger charge is -2.14. The second-order valence-electron chi connectivity index (χ2n) is 6.30. The number of carbonyl (C=O) groups excluding carboxylic acids is 2. The molecule has 0 saturated carbocycles. The molecule has 33 heavy (non-hydrogen) atoms. The van der Waals surface area contributed by atoms with E-state index >= 15 is 0 Å². The predicted octanol–water partition coefficient (Wildman–Crippen LogP) is 3.00. The Balaban J connectivity index is 1.44. The average Bonchev–Trinajstić information content (AvgIpc) is 3.50. The summed E-state index contributed by atoms with van der Waals surface area (Å²) < 4.78 is 45.5. The van der Waals surface area contributed by atoms with Crippen molar-refractivity contribution < 1.29 is 27.5 Å². The number of carbonyl (C=O) groups is 2. The molecule has 0 spiro atoms. The molecule has 0 bridgehead atoms. The fourth-order valence-corrected chi connectivity index (χ4v) is 3.35. The number of alkyl halides is 3. The third-order valence-corrected chi connectivity index (χ3v) is 4.91. The van der Waals surface area contributed by atoms with Crippen molar-refractivity contribution >= 4 is 28.9 Å². The van der Waals surface area contributed by atoms with Crippen molar-refractivity contribution in [3.8, 4) is 16.5 Å². The summed E-state index contributed by atoms with van der Waals surface area (Å²) in [6.07, 6.45) is 0.862. The minimum Gasteiger partial charge on any atom is -0.451 e. The van der Waals surface area contributed by atoms with Gasteiger partial charge in [-0.2, -0.15) is 18.3 Å². The van der Waals surface area contributed by atoms with Gasteiger partial charge < -0.3 is 10.1 Å². The molecule has 0 unspecified atom stereocenters. The molecule has 10 nitrogen and oxygen atoms in total. The molecule has 0 saturated heterocycles. The average molecular weight is 475 g/mol. The Morgan fingerprint density at radius 3 is 2.67 bits per heavy atom. The van der Waals surface area contributed by atoms with Crippen molar-refractivity contribution in [2.75, 3.05) is 11.9 Å². The number of thiazole rings is 1. The van der Waals surface area contributed by atoms with Gasteiger partial charge in [-0.25, -0.2) is 29.4 Å². The lowest BCUT2D eigenvalue weighted by atomic mass is 10.1. The third kappa shape index (κ3) is 5.17. The number of amides is 1. The largest absolute Gasteiger partial charge is 0.451 e. The van der Waals surface area contributed by atoms with Crippen LogP contribution in [0.2, 0.25) is 0 Å². The maximum Gasteiger partial charge on any atom is 0.416 e. The van der Waals surface area contributed by atoms with Crippen LogP contribution < -0.4 is 5.32 Å². The second kappa shape index (κ2) is 9.12. The van der Waals surface area contributed by atoms with Crippen molar-refractivity contribution in [2.24, 2.45) is 0 Å². The Morgan fingerprint density at radius 1 is 1.18 bits per heavy atom. The van der Waals surface area contributed by atoms with Crippen LogP contribution in [0.4, 0.5) is 18.9 Å². The van der Waals surface area contributed by atoms with Gasteiger partial charge in [0.25, 0.3) is 5.91 Å². The zero-order chi connectivity index (χ0) is 23.4. The van der Waals surface area contributed by atoms with E-state index in [9.17, 15) is 22.8 Å². The van der Waals surface area contributed by atoms with Gasteiger partial charge in [0.1, 0.15) is 12.7 Å². The number of anilines is 1. The summed E-state index contributed by atoms with van der Waals surface area (Å²) in [4.78, 5) is 40.4. The molecule has 0 aliphatic rings. The van der Waals surface area contributed by atoms with Gasteiger partial charge in [-0.05, 0) is 24.3 Å². The van der Waals surface area contributed by atoms with E-state index in [0.29, 0.717) is 10.8 Å². The van der Waals surface area contributed by atoms with Gasteiger partial charge in [0.05, 0.1) is 16.9 Å². The number of nitrogens with zero attached hydrogens (tertiary/aromatic N) is 6. The quantitative estimate of drug-likeness (QED) is 0.422. The summed E-state index contributed by atoms with van der Waals surface area (Å²) in [6.45, 7) is -0.749. The maximum absolute atomic E-state index is 13.1. The highest BCUT2D eigenvalue weighted by Crippen LogP contribution is 2.33. The summed E-state index contributed by atoms with van der Waals surface area (Å²) in [5.74, 6) is -1.42. The first-order chi connectivity index (χ1) is 15.8. The zero-order valence-electron chi connectivity index (χ0n) is 16.4. The van der Waals surface area contributed by atoms with Gasteiger partial charge in [0, 0.05) is 17.8 Å². The molecule has 0 aliphatic heterocycles. The number of hydrogen-bond acceptors (Lipinski definition) is 9. The van der Waals surface area contributed by atoms with Crippen LogP contribution >= 0.6 is 11.3 Å². The van der Waals surface area contributed by atoms with E-state index in [1.54, 1.807) is 6.07 Å². The first-order valence-electron chi connectivity index (χ1n) is 9.07. The van der Waals surface area contributed by atoms with Crippen molar-refractivity contribution in [1.29, 1.82) is 0 Å². The second-order valence-corrected chi connectivity index (χ2v) is 7.16. The van der Waals surface area contributed by atoms with E-state index in [0.717, 1.165) is 29.5 Å². The Morgan fingerprint density at radius 2 is 1.97 bits per heavy atom. The summed E-state index contributed by atoms with van der Waals surface area (Å²) in [7, 11) is 0. The van der Waals surface area contributed by atoms with Gasteiger partial charge in [-0.15, -0.1) is 11.3 Å². The summed E-state index contributed by atoms with van der Waals surface area (Å²) in [5, 5.41) is 7.97. The molecular formula is C19H12F3N7O3S. The smallest absolute Gasteiger partial charge is 0.416 e. The molecule has 1 aromatic carbocycles. The van der Waals surface area contributed by atoms with Crippen LogP contribution in [0.25, 0.3) is 16.5 Å². The number of aromatic nitrogens is 6. The first-order valence-corrected chi connectivity index (χ1v) is 9.95. The lowest BCUT2D eigenvalue weighted by Crippen LogP contribution is -2.22. The van der Waals surface area contributed by atoms with Crippen molar-refractivity contribution in [2.45, 2.75) is 6.18 Å². The topological polar surface area (TPSA) is 125 Å². The third-order valence-electron chi connectivity index (χ3n) is 4.07. The SMILES string of the molecule is O=C(COC(=O)c1csc(-c2ncccn2)n1)Nc1cc(C(F)(F)F)ccc1-n1cncn1. The summed E-state index contributed by atoms with van der Waals surface area (Å²) in [6, 6.07) is 4.37. The van der Waals surface area contributed by atoms with Crippen LogP contribution in [-0.2, 0) is 15.7 Å². The van der Waals surface area contributed by atoms with Crippen molar-refractivity contribution in [1.82, 2.24) is 29.7 Å². The molecule has 14 heteroatoms. The van der Waals surface area contributed by atoms with E-state index in [2.05, 4.69) is 30.4 Å². The number of ether oxygens (including phenoxy) is 1. The zero-order valence-corrected chi connectivity index (χ0v) is 17.2. The molecule has 1 N–H and O–H groups in total. The minimum atomic E-state index is -4.63. The maximum atomic E-state index is 13.1. The number of hydrogen-bond donors (Lipinski definition) is 1. The molecular weight excluding hydrogens is 463 g/mol. The molecule has 1 amide bonds. The van der Waals surface area contributed by atoms with Gasteiger partial charge in [-0.3, -0.25) is 4.79 Å². The van der Waals surface area contributed by atoms with Crippen LogP contribution in [0.15, 0.2) is 54.7 Å². The summed E-state index contributed by atoms with van der Waals surface area (Å²) >= 11 is 1.11. The van der Waals surface area contributed by atoms with Crippen molar-refractivity contribution in [3.63, 3.8) is 0 Å². The van der Waals surface area contributed by atoms with Crippen LogP contribution in [0.1, 0.15) is 16.1 Å². The van der Waals surface area contributed by atoms with Crippen LogP contribution in [-0.4, -0.2) is 48.2 Å². The number of esters is 1. The Kier molecular flexibility index (Phi) is 6.08. The Bertz CT molecular complexity index is 1280. The lowest BCUT2D eigenvalue weighted by molar-refractivity contribution is -0.137. The van der Waals surface area contributed by atoms with Gasteiger partial charge in [0.2, 0.25) is 0 Å². The monoisotopic (exact) mass is 475 g/mol. The van der Waals surface area contributed by atoms with Gasteiger partial charge in [-0.1, -0.05) is 0 Å². The molecule has 3 aromatic heterocycles. The number of halogens is 3. The number of nitrogens with one attached hydrogen (secondary N) is 1.